The van der Waals surface area contributed by atoms with Crippen LogP contribution in [0.15, 0.2) is 42.5 Å². The maximum Gasteiger partial charge on any atom is 0.292 e. The molecule has 0 aromatic heterocycles. The Bertz CT molecular complexity index is 889. The van der Waals surface area contributed by atoms with Crippen molar-refractivity contribution in [1.29, 1.82) is 0 Å². The maximum atomic E-state index is 12.6. The van der Waals surface area contributed by atoms with Crippen LogP contribution in [0.2, 0.25) is 0 Å². The fourth-order valence-electron chi connectivity index (χ4n) is 3.11. The zero-order valence-corrected chi connectivity index (χ0v) is 14.7. The lowest BCUT2D eigenvalue weighted by molar-refractivity contribution is -0.384. The number of piperazine rings is 1. The Balaban J connectivity index is 1.69. The Morgan fingerprint density at radius 1 is 0.926 bits per heavy atom. The molecule has 0 unspecified atom stereocenters. The first-order chi connectivity index (χ1) is 12.9. The molecule has 0 aliphatic carbocycles. The van der Waals surface area contributed by atoms with Gasteiger partial charge in [-0.05, 0) is 30.7 Å². The van der Waals surface area contributed by atoms with Gasteiger partial charge >= 0.3 is 0 Å². The van der Waals surface area contributed by atoms with Crippen molar-refractivity contribution in [1.82, 2.24) is 4.90 Å². The van der Waals surface area contributed by atoms with Gasteiger partial charge in [-0.1, -0.05) is 6.07 Å². The number of hydrogen-bond donors (Lipinski definition) is 0. The Kier molecular flexibility index (Phi) is 5.02. The Hall–Kier alpha value is -3.49. The highest BCUT2D eigenvalue weighted by molar-refractivity contribution is 5.94. The average Bonchev–Trinajstić information content (AvgIpc) is 2.67. The van der Waals surface area contributed by atoms with Gasteiger partial charge in [-0.2, -0.15) is 0 Å². The number of benzene rings is 2. The lowest BCUT2D eigenvalue weighted by atomic mass is 10.1. The maximum absolute atomic E-state index is 12.6. The average molecular weight is 370 g/mol. The zero-order chi connectivity index (χ0) is 19.6. The third-order valence-corrected chi connectivity index (χ3v) is 4.56. The lowest BCUT2D eigenvalue weighted by Gasteiger charge is -2.35. The summed E-state index contributed by atoms with van der Waals surface area (Å²) in [6.07, 6.45) is 0. The molecule has 140 valence electrons. The van der Waals surface area contributed by atoms with Crippen molar-refractivity contribution in [2.45, 2.75) is 6.92 Å². The second-order valence-electron chi connectivity index (χ2n) is 6.33. The highest BCUT2D eigenvalue weighted by Gasteiger charge is 2.26. The van der Waals surface area contributed by atoms with Gasteiger partial charge < -0.3 is 9.80 Å². The number of aryl methyl sites for hydroxylation is 1. The van der Waals surface area contributed by atoms with Crippen molar-refractivity contribution in [3.05, 3.63) is 73.8 Å². The third kappa shape index (κ3) is 3.86. The number of anilines is 1. The van der Waals surface area contributed by atoms with E-state index in [0.29, 0.717) is 37.4 Å². The minimum Gasteiger partial charge on any atom is -0.362 e. The highest BCUT2D eigenvalue weighted by atomic mass is 16.6. The monoisotopic (exact) mass is 370 g/mol. The molecule has 3 rings (SSSR count). The number of carbonyl (C=O) groups excluding carboxylic acids is 1. The standard InChI is InChI=1S/C18H18N4O5/c1-13-2-7-16(17(12-13)22(26)27)19-8-10-20(11-9-19)18(23)14-3-5-15(6-4-14)21(24)25/h2-7,12H,8-11H2,1H3. The van der Waals surface area contributed by atoms with Crippen molar-refractivity contribution in [2.75, 3.05) is 31.1 Å². The van der Waals surface area contributed by atoms with E-state index in [1.165, 1.54) is 24.3 Å². The number of carbonyl (C=O) groups is 1. The highest BCUT2D eigenvalue weighted by Crippen LogP contribution is 2.30. The van der Waals surface area contributed by atoms with Crippen molar-refractivity contribution in [2.24, 2.45) is 0 Å². The molecule has 1 saturated heterocycles. The first-order valence-corrected chi connectivity index (χ1v) is 8.40. The van der Waals surface area contributed by atoms with Crippen LogP contribution in [0.4, 0.5) is 17.1 Å². The molecule has 0 saturated carbocycles. The molecular weight excluding hydrogens is 352 g/mol. The van der Waals surface area contributed by atoms with E-state index in [9.17, 15) is 25.0 Å². The fourth-order valence-corrected chi connectivity index (χ4v) is 3.11. The van der Waals surface area contributed by atoms with Gasteiger partial charge in [0.2, 0.25) is 0 Å². The molecule has 1 amide bonds. The van der Waals surface area contributed by atoms with Crippen LogP contribution in [0.25, 0.3) is 0 Å². The summed E-state index contributed by atoms with van der Waals surface area (Å²) in [5.41, 5.74) is 1.74. The smallest absolute Gasteiger partial charge is 0.292 e. The van der Waals surface area contributed by atoms with E-state index in [4.69, 9.17) is 0 Å². The van der Waals surface area contributed by atoms with Crippen LogP contribution in [-0.2, 0) is 0 Å². The number of nitro groups is 2. The SMILES string of the molecule is Cc1ccc(N2CCN(C(=O)c3ccc([N+](=O)[O-])cc3)CC2)c([N+](=O)[O-])c1. The molecule has 1 fully saturated rings. The second kappa shape index (κ2) is 7.40. The van der Waals surface area contributed by atoms with Crippen LogP contribution in [0.5, 0.6) is 0 Å². The van der Waals surface area contributed by atoms with Crippen molar-refractivity contribution >= 4 is 23.0 Å². The van der Waals surface area contributed by atoms with Crippen molar-refractivity contribution < 1.29 is 14.6 Å². The molecular formula is C18H18N4O5. The third-order valence-electron chi connectivity index (χ3n) is 4.56. The van der Waals surface area contributed by atoms with E-state index < -0.39 is 9.85 Å². The number of nitro benzene ring substituents is 2. The predicted octanol–water partition coefficient (Wildman–Crippen LogP) is 2.77. The van der Waals surface area contributed by atoms with Crippen LogP contribution in [0.1, 0.15) is 15.9 Å². The first kappa shape index (κ1) is 18.3. The quantitative estimate of drug-likeness (QED) is 0.604. The Morgan fingerprint density at radius 3 is 2.11 bits per heavy atom. The summed E-state index contributed by atoms with van der Waals surface area (Å²) in [6, 6.07) is 10.6. The van der Waals surface area contributed by atoms with Gasteiger partial charge in [0.25, 0.3) is 17.3 Å². The van der Waals surface area contributed by atoms with Crippen LogP contribution < -0.4 is 4.90 Å². The zero-order valence-electron chi connectivity index (χ0n) is 14.7. The number of hydrogen-bond acceptors (Lipinski definition) is 6. The van der Waals surface area contributed by atoms with Crippen LogP contribution in [-0.4, -0.2) is 46.8 Å². The molecule has 2 aromatic rings. The molecule has 27 heavy (non-hydrogen) atoms. The van der Waals surface area contributed by atoms with Gasteiger partial charge in [0, 0.05) is 49.9 Å². The van der Waals surface area contributed by atoms with Crippen molar-refractivity contribution in [3.63, 3.8) is 0 Å². The van der Waals surface area contributed by atoms with E-state index in [-0.39, 0.29) is 17.3 Å². The molecule has 9 heteroatoms. The minimum atomic E-state index is -0.512. The van der Waals surface area contributed by atoms with Gasteiger partial charge in [0.15, 0.2) is 0 Å². The molecule has 0 atom stereocenters. The van der Waals surface area contributed by atoms with Crippen molar-refractivity contribution in [3.8, 4) is 0 Å². The normalized spacial score (nSPS) is 14.1. The molecule has 0 spiro atoms. The van der Waals surface area contributed by atoms with E-state index in [1.807, 2.05) is 11.0 Å². The van der Waals surface area contributed by atoms with Gasteiger partial charge in [-0.25, -0.2) is 0 Å². The summed E-state index contributed by atoms with van der Waals surface area (Å²) in [7, 11) is 0. The lowest BCUT2D eigenvalue weighted by Crippen LogP contribution is -2.49. The topological polar surface area (TPSA) is 110 Å². The molecule has 0 radical (unpaired) electrons. The minimum absolute atomic E-state index is 0.0603. The van der Waals surface area contributed by atoms with E-state index in [0.717, 1.165) is 5.56 Å². The summed E-state index contributed by atoms with van der Waals surface area (Å²) < 4.78 is 0. The molecule has 2 aromatic carbocycles. The first-order valence-electron chi connectivity index (χ1n) is 8.40. The number of amides is 1. The van der Waals surface area contributed by atoms with Crippen LogP contribution >= 0.6 is 0 Å². The van der Waals surface area contributed by atoms with E-state index >= 15 is 0 Å². The summed E-state index contributed by atoms with van der Waals surface area (Å²) >= 11 is 0. The van der Waals surface area contributed by atoms with Gasteiger partial charge in [0.05, 0.1) is 9.85 Å². The van der Waals surface area contributed by atoms with Crippen LogP contribution in [0, 0.1) is 27.2 Å². The molecule has 0 N–H and O–H groups in total. The molecule has 1 aliphatic rings. The Morgan fingerprint density at radius 2 is 1.56 bits per heavy atom. The summed E-state index contributed by atoms with van der Waals surface area (Å²) in [4.78, 5) is 37.2. The number of rotatable bonds is 4. The molecule has 9 nitrogen and oxygen atoms in total. The van der Waals surface area contributed by atoms with E-state index in [1.54, 1.807) is 24.0 Å². The number of non-ortho nitro benzene ring substituents is 1. The summed E-state index contributed by atoms with van der Waals surface area (Å²) in [6.45, 7) is 3.59. The predicted molar refractivity (Wildman–Crippen MR) is 99.0 cm³/mol. The molecule has 0 bridgehead atoms. The Labute approximate surface area is 155 Å². The van der Waals surface area contributed by atoms with Gasteiger partial charge in [0.1, 0.15) is 5.69 Å². The fraction of sp³-hybridized carbons (Fsp3) is 0.278. The second-order valence-corrected chi connectivity index (χ2v) is 6.33. The van der Waals surface area contributed by atoms with Gasteiger partial charge in [-0.15, -0.1) is 0 Å². The number of nitrogens with zero attached hydrogens (tertiary/aromatic N) is 4. The van der Waals surface area contributed by atoms with E-state index in [2.05, 4.69) is 0 Å². The van der Waals surface area contributed by atoms with Gasteiger partial charge in [-0.3, -0.25) is 25.0 Å². The summed E-state index contributed by atoms with van der Waals surface area (Å²) in [5.74, 6) is -0.206. The summed E-state index contributed by atoms with van der Waals surface area (Å²) in [5, 5.41) is 22.0. The largest absolute Gasteiger partial charge is 0.362 e. The van der Waals surface area contributed by atoms with Crippen LogP contribution in [0.3, 0.4) is 0 Å². The molecule has 1 aliphatic heterocycles. The molecule has 1 heterocycles.